The van der Waals surface area contributed by atoms with Gasteiger partial charge in [-0.2, -0.15) is 5.26 Å². The number of rotatable bonds is 4. The van der Waals surface area contributed by atoms with Gasteiger partial charge in [0.25, 0.3) is 0 Å². The number of hydrogen-bond acceptors (Lipinski definition) is 7. The molecule has 180 valence electrons. The molecule has 2 aliphatic heterocycles. The van der Waals surface area contributed by atoms with Crippen molar-refractivity contribution < 1.29 is 9.53 Å². The van der Waals surface area contributed by atoms with E-state index in [1.807, 2.05) is 49.1 Å². The number of morpholine rings is 1. The first kappa shape index (κ1) is 23.4. The first-order valence-corrected chi connectivity index (χ1v) is 12.7. The highest BCUT2D eigenvalue weighted by atomic mass is 32.1. The fourth-order valence-electron chi connectivity index (χ4n) is 4.80. The topological polar surface area (TPSA) is 94.4 Å². The second-order valence-corrected chi connectivity index (χ2v) is 9.99. The summed E-state index contributed by atoms with van der Waals surface area (Å²) in [5.74, 6) is 0. The third-order valence-corrected chi connectivity index (χ3v) is 7.48. The number of hydrogen-bond donors (Lipinski definition) is 1. The Balaban J connectivity index is 1.41. The average Bonchev–Trinajstić information content (AvgIpc) is 3.52. The van der Waals surface area contributed by atoms with Gasteiger partial charge in [-0.3, -0.25) is 15.2 Å². The molecule has 0 aliphatic carbocycles. The van der Waals surface area contributed by atoms with Crippen molar-refractivity contribution in [2.75, 3.05) is 44.7 Å². The Morgan fingerprint density at radius 3 is 2.63 bits per heavy atom. The fraction of sp³-hybridized carbons (Fsp3) is 0.385. The highest BCUT2D eigenvalue weighted by molar-refractivity contribution is 7.19. The number of aryl methyl sites for hydroxylation is 2. The maximum absolute atomic E-state index is 13.1. The fourth-order valence-corrected chi connectivity index (χ4v) is 5.77. The maximum Gasteiger partial charge on any atom is 0.323 e. The van der Waals surface area contributed by atoms with Crippen molar-refractivity contribution in [3.05, 3.63) is 53.3 Å². The van der Waals surface area contributed by atoms with E-state index in [4.69, 9.17) is 9.72 Å². The van der Waals surface area contributed by atoms with Crippen LogP contribution < -0.4 is 5.32 Å². The van der Waals surface area contributed by atoms with Crippen LogP contribution in [0.25, 0.3) is 21.7 Å². The minimum Gasteiger partial charge on any atom is -0.379 e. The lowest BCUT2D eigenvalue weighted by atomic mass is 10.0. The number of nitrogens with zero attached hydrogens (tertiary/aromatic N) is 5. The van der Waals surface area contributed by atoms with Gasteiger partial charge in [-0.05, 0) is 50.1 Å². The summed E-state index contributed by atoms with van der Waals surface area (Å²) in [6, 6.07) is 13.9. The monoisotopic (exact) mass is 488 g/mol. The van der Waals surface area contributed by atoms with Gasteiger partial charge in [0.15, 0.2) is 5.13 Å². The normalized spacial score (nSPS) is 18.4. The van der Waals surface area contributed by atoms with Crippen LogP contribution in [0.15, 0.2) is 36.4 Å². The third kappa shape index (κ3) is 5.20. The van der Waals surface area contributed by atoms with Crippen LogP contribution in [0.2, 0.25) is 0 Å². The summed E-state index contributed by atoms with van der Waals surface area (Å²) in [4.78, 5) is 27.7. The molecule has 9 heteroatoms. The van der Waals surface area contributed by atoms with Gasteiger partial charge in [0.1, 0.15) is 0 Å². The van der Waals surface area contributed by atoms with E-state index in [1.165, 1.54) is 11.3 Å². The molecule has 1 unspecified atom stereocenters. The van der Waals surface area contributed by atoms with Crippen LogP contribution in [0.1, 0.15) is 23.4 Å². The molecule has 0 radical (unpaired) electrons. The number of nitrogens with one attached hydrogen (secondary N) is 1. The second-order valence-electron chi connectivity index (χ2n) is 8.99. The molecule has 1 N–H and O–H groups in total. The van der Waals surface area contributed by atoms with Gasteiger partial charge in [-0.25, -0.2) is 9.78 Å². The Hall–Kier alpha value is -3.32. The molecule has 35 heavy (non-hydrogen) atoms. The van der Waals surface area contributed by atoms with Crippen LogP contribution in [0.4, 0.5) is 9.93 Å². The van der Waals surface area contributed by atoms with Crippen LogP contribution in [0.3, 0.4) is 0 Å². The minimum absolute atomic E-state index is 0.125. The lowest BCUT2D eigenvalue weighted by Gasteiger charge is -2.32. The van der Waals surface area contributed by atoms with E-state index in [2.05, 4.69) is 21.3 Å². The van der Waals surface area contributed by atoms with Crippen LogP contribution in [-0.4, -0.2) is 71.2 Å². The molecule has 0 bridgehead atoms. The van der Waals surface area contributed by atoms with E-state index in [0.717, 1.165) is 72.4 Å². The lowest BCUT2D eigenvalue weighted by molar-refractivity contribution is 0.0192. The standard InChI is InChI=1S/C26H28N6O2S/c1-17-12-21(13-18(2)28-17)24-23(20-5-3-4-19(14-20)15-27)29-25(35-24)30-26(33)32-7-6-22(16-32)31-8-10-34-11-9-31/h3-5,12-14,22H,6-11,16H2,1-2H3,(H,29,30,33). The number of ether oxygens (including phenoxy) is 1. The summed E-state index contributed by atoms with van der Waals surface area (Å²) in [7, 11) is 0. The molecular weight excluding hydrogens is 460 g/mol. The van der Waals surface area contributed by atoms with Gasteiger partial charge < -0.3 is 9.64 Å². The second kappa shape index (κ2) is 10.1. The number of nitriles is 1. The number of likely N-dealkylation sites (tertiary alicyclic amines) is 1. The summed E-state index contributed by atoms with van der Waals surface area (Å²) < 4.78 is 5.47. The van der Waals surface area contributed by atoms with Crippen molar-refractivity contribution in [1.82, 2.24) is 19.8 Å². The molecule has 4 heterocycles. The number of benzene rings is 1. The van der Waals surface area contributed by atoms with Gasteiger partial charge in [0, 0.05) is 49.2 Å². The van der Waals surface area contributed by atoms with Gasteiger partial charge >= 0.3 is 6.03 Å². The van der Waals surface area contributed by atoms with Crippen LogP contribution >= 0.6 is 11.3 Å². The molecule has 2 saturated heterocycles. The first-order valence-electron chi connectivity index (χ1n) is 11.8. The molecule has 0 spiro atoms. The number of pyridine rings is 1. The molecule has 8 nitrogen and oxygen atoms in total. The molecule has 3 aromatic rings. The molecule has 2 aliphatic rings. The van der Waals surface area contributed by atoms with Crippen molar-refractivity contribution >= 4 is 22.5 Å². The van der Waals surface area contributed by atoms with E-state index in [-0.39, 0.29) is 6.03 Å². The van der Waals surface area contributed by atoms with Crippen molar-refractivity contribution in [2.45, 2.75) is 26.3 Å². The van der Waals surface area contributed by atoms with Gasteiger partial charge in [0.05, 0.1) is 35.4 Å². The van der Waals surface area contributed by atoms with Crippen LogP contribution in [0, 0.1) is 25.2 Å². The maximum atomic E-state index is 13.1. The summed E-state index contributed by atoms with van der Waals surface area (Å²) >= 11 is 1.45. The quantitative estimate of drug-likeness (QED) is 0.589. The van der Waals surface area contributed by atoms with Crippen molar-refractivity contribution in [3.63, 3.8) is 0 Å². The van der Waals surface area contributed by atoms with Gasteiger partial charge in [-0.1, -0.05) is 23.5 Å². The first-order chi connectivity index (χ1) is 17.0. The van der Waals surface area contributed by atoms with Crippen molar-refractivity contribution in [2.24, 2.45) is 0 Å². The van der Waals surface area contributed by atoms with Gasteiger partial charge in [-0.15, -0.1) is 0 Å². The number of carbonyl (C=O) groups excluding carboxylic acids is 1. The predicted molar refractivity (Wildman–Crippen MR) is 136 cm³/mol. The molecule has 5 rings (SSSR count). The Morgan fingerprint density at radius 1 is 1.11 bits per heavy atom. The number of aromatic nitrogens is 2. The number of thiazole rings is 1. The largest absolute Gasteiger partial charge is 0.379 e. The zero-order chi connectivity index (χ0) is 24.4. The zero-order valence-corrected chi connectivity index (χ0v) is 20.8. The van der Waals surface area contributed by atoms with E-state index >= 15 is 0 Å². The Kier molecular flexibility index (Phi) is 6.77. The van der Waals surface area contributed by atoms with E-state index in [1.54, 1.807) is 6.07 Å². The Labute approximate surface area is 209 Å². The van der Waals surface area contributed by atoms with E-state index in [0.29, 0.717) is 23.3 Å². The smallest absolute Gasteiger partial charge is 0.323 e. The van der Waals surface area contributed by atoms with E-state index in [9.17, 15) is 10.1 Å². The number of carbonyl (C=O) groups is 1. The van der Waals surface area contributed by atoms with Crippen molar-refractivity contribution in [3.8, 4) is 27.8 Å². The summed E-state index contributed by atoms with van der Waals surface area (Å²) in [6.45, 7) is 8.74. The highest BCUT2D eigenvalue weighted by Crippen LogP contribution is 2.40. The number of anilines is 1. The van der Waals surface area contributed by atoms with Crippen LogP contribution in [-0.2, 0) is 4.74 Å². The van der Waals surface area contributed by atoms with Crippen molar-refractivity contribution in [1.29, 1.82) is 5.26 Å². The molecule has 1 atom stereocenters. The molecule has 0 saturated carbocycles. The van der Waals surface area contributed by atoms with Crippen LogP contribution in [0.5, 0.6) is 0 Å². The molecule has 2 amide bonds. The molecule has 2 fully saturated rings. The number of amides is 2. The zero-order valence-electron chi connectivity index (χ0n) is 20.0. The summed E-state index contributed by atoms with van der Waals surface area (Å²) in [5.41, 5.74) is 5.00. The SMILES string of the molecule is Cc1cc(-c2sc(NC(=O)N3CCC(N4CCOCC4)C3)nc2-c2cccc(C#N)c2)cc(C)n1. The van der Waals surface area contributed by atoms with Gasteiger partial charge in [0.2, 0.25) is 0 Å². The predicted octanol–water partition coefficient (Wildman–Crippen LogP) is 4.30. The Morgan fingerprint density at radius 2 is 1.89 bits per heavy atom. The Bertz CT molecular complexity index is 1260. The molecular formula is C26H28N6O2S. The lowest BCUT2D eigenvalue weighted by Crippen LogP contribution is -2.45. The highest BCUT2D eigenvalue weighted by Gasteiger charge is 2.31. The molecule has 2 aromatic heterocycles. The third-order valence-electron chi connectivity index (χ3n) is 6.46. The summed E-state index contributed by atoms with van der Waals surface area (Å²) in [6.07, 6.45) is 0.971. The molecule has 1 aromatic carbocycles. The summed E-state index contributed by atoms with van der Waals surface area (Å²) in [5, 5.41) is 13.0. The number of urea groups is 1. The average molecular weight is 489 g/mol. The minimum atomic E-state index is -0.125. The van der Waals surface area contributed by atoms with E-state index < -0.39 is 0 Å².